The molecule has 0 heterocycles. The fourth-order valence-corrected chi connectivity index (χ4v) is 1.71. The summed E-state index contributed by atoms with van der Waals surface area (Å²) in [7, 11) is 1.64. The standard InChI is InChI=1S/C14H18N2O3/c1-19-10-9-16(8-2-7-15)11-12-3-5-13(6-4-12)14(17)18/h3-6H,2,8-11H2,1H3,(H,17,18). The van der Waals surface area contributed by atoms with Gasteiger partial charge in [-0.1, -0.05) is 12.1 Å². The second-order valence-electron chi connectivity index (χ2n) is 4.18. The predicted octanol–water partition coefficient (Wildman–Crippen LogP) is 1.75. The van der Waals surface area contributed by atoms with Gasteiger partial charge in [0.15, 0.2) is 0 Å². The van der Waals surface area contributed by atoms with Gasteiger partial charge in [0.1, 0.15) is 0 Å². The van der Waals surface area contributed by atoms with Gasteiger partial charge >= 0.3 is 5.97 Å². The highest BCUT2D eigenvalue weighted by Gasteiger charge is 2.07. The molecule has 19 heavy (non-hydrogen) atoms. The maximum Gasteiger partial charge on any atom is 0.335 e. The molecule has 0 fully saturated rings. The molecule has 1 N–H and O–H groups in total. The van der Waals surface area contributed by atoms with Crippen LogP contribution in [0.5, 0.6) is 0 Å². The number of ether oxygens (including phenoxy) is 1. The first kappa shape index (κ1) is 15.2. The second-order valence-corrected chi connectivity index (χ2v) is 4.18. The van der Waals surface area contributed by atoms with Gasteiger partial charge in [-0.3, -0.25) is 4.90 Å². The van der Waals surface area contributed by atoms with E-state index in [2.05, 4.69) is 11.0 Å². The minimum absolute atomic E-state index is 0.282. The first-order chi connectivity index (χ1) is 9.17. The van der Waals surface area contributed by atoms with Gasteiger partial charge in [-0.15, -0.1) is 0 Å². The number of hydrogen-bond donors (Lipinski definition) is 1. The highest BCUT2D eigenvalue weighted by molar-refractivity contribution is 5.87. The zero-order valence-electron chi connectivity index (χ0n) is 11.0. The number of rotatable bonds is 8. The van der Waals surface area contributed by atoms with Gasteiger partial charge in [-0.05, 0) is 17.7 Å². The molecule has 1 aromatic rings. The maximum atomic E-state index is 10.8. The summed E-state index contributed by atoms with van der Waals surface area (Å²) in [6, 6.07) is 8.91. The van der Waals surface area contributed by atoms with Crippen LogP contribution in [0.15, 0.2) is 24.3 Å². The van der Waals surface area contributed by atoms with E-state index in [0.717, 1.165) is 12.1 Å². The van der Waals surface area contributed by atoms with Crippen LogP contribution in [-0.4, -0.2) is 42.8 Å². The van der Waals surface area contributed by atoms with Crippen molar-refractivity contribution in [2.24, 2.45) is 0 Å². The van der Waals surface area contributed by atoms with Gasteiger partial charge < -0.3 is 9.84 Å². The SMILES string of the molecule is COCCN(CCC#N)Cc1ccc(C(=O)O)cc1. The molecule has 102 valence electrons. The van der Waals surface area contributed by atoms with Crippen LogP contribution in [-0.2, 0) is 11.3 Å². The molecule has 5 nitrogen and oxygen atoms in total. The molecule has 0 radical (unpaired) electrons. The Morgan fingerprint density at radius 2 is 2.05 bits per heavy atom. The molecule has 0 saturated carbocycles. The van der Waals surface area contributed by atoms with Crippen molar-refractivity contribution in [2.75, 3.05) is 26.8 Å². The number of benzene rings is 1. The van der Waals surface area contributed by atoms with E-state index < -0.39 is 5.97 Å². The van der Waals surface area contributed by atoms with E-state index in [1.807, 2.05) is 0 Å². The van der Waals surface area contributed by atoms with Crippen LogP contribution < -0.4 is 0 Å². The lowest BCUT2D eigenvalue weighted by molar-refractivity contribution is 0.0697. The molecular weight excluding hydrogens is 244 g/mol. The highest BCUT2D eigenvalue weighted by atomic mass is 16.5. The van der Waals surface area contributed by atoms with E-state index in [9.17, 15) is 4.79 Å². The molecule has 0 aliphatic carbocycles. The Hall–Kier alpha value is -1.90. The Bertz CT molecular complexity index is 437. The van der Waals surface area contributed by atoms with Crippen molar-refractivity contribution >= 4 is 5.97 Å². The van der Waals surface area contributed by atoms with Gasteiger partial charge in [-0.2, -0.15) is 5.26 Å². The molecule has 0 unspecified atom stereocenters. The summed E-state index contributed by atoms with van der Waals surface area (Å²) in [5.74, 6) is -0.924. The summed E-state index contributed by atoms with van der Waals surface area (Å²) in [5, 5.41) is 17.5. The fraction of sp³-hybridized carbons (Fsp3) is 0.429. The molecule has 0 aliphatic rings. The van der Waals surface area contributed by atoms with Crippen molar-refractivity contribution in [1.82, 2.24) is 4.90 Å². The minimum atomic E-state index is -0.924. The lowest BCUT2D eigenvalue weighted by Crippen LogP contribution is -2.28. The molecule has 0 bridgehead atoms. The Balaban J connectivity index is 2.61. The van der Waals surface area contributed by atoms with Crippen LogP contribution in [0.2, 0.25) is 0 Å². The summed E-state index contributed by atoms with van der Waals surface area (Å²) >= 11 is 0. The van der Waals surface area contributed by atoms with Gasteiger partial charge in [0.2, 0.25) is 0 Å². The van der Waals surface area contributed by atoms with Crippen LogP contribution in [0.4, 0.5) is 0 Å². The summed E-state index contributed by atoms with van der Waals surface area (Å²) in [6.45, 7) is 2.73. The van der Waals surface area contributed by atoms with E-state index in [1.54, 1.807) is 31.4 Å². The maximum absolute atomic E-state index is 10.8. The number of aromatic carboxylic acids is 1. The molecule has 0 aromatic heterocycles. The predicted molar refractivity (Wildman–Crippen MR) is 70.8 cm³/mol. The first-order valence-corrected chi connectivity index (χ1v) is 6.08. The summed E-state index contributed by atoms with van der Waals surface area (Å²) < 4.78 is 5.04. The minimum Gasteiger partial charge on any atom is -0.478 e. The van der Waals surface area contributed by atoms with E-state index in [0.29, 0.717) is 26.1 Å². The van der Waals surface area contributed by atoms with E-state index in [-0.39, 0.29) is 5.56 Å². The van der Waals surface area contributed by atoms with Crippen molar-refractivity contribution in [2.45, 2.75) is 13.0 Å². The third-order valence-electron chi connectivity index (χ3n) is 2.76. The van der Waals surface area contributed by atoms with Crippen molar-refractivity contribution < 1.29 is 14.6 Å². The topological polar surface area (TPSA) is 73.6 Å². The molecule has 1 aromatic carbocycles. The van der Waals surface area contributed by atoms with Crippen molar-refractivity contribution in [3.8, 4) is 6.07 Å². The monoisotopic (exact) mass is 262 g/mol. The zero-order valence-corrected chi connectivity index (χ0v) is 11.0. The van der Waals surface area contributed by atoms with Gasteiger partial charge in [-0.25, -0.2) is 4.79 Å². The van der Waals surface area contributed by atoms with Crippen molar-refractivity contribution in [1.29, 1.82) is 5.26 Å². The van der Waals surface area contributed by atoms with Crippen molar-refractivity contribution in [3.63, 3.8) is 0 Å². The Morgan fingerprint density at radius 1 is 1.37 bits per heavy atom. The number of carbonyl (C=O) groups is 1. The number of hydrogen-bond acceptors (Lipinski definition) is 4. The van der Waals surface area contributed by atoms with E-state index in [1.165, 1.54) is 0 Å². The molecule has 0 amide bonds. The lowest BCUT2D eigenvalue weighted by Gasteiger charge is -2.20. The second kappa shape index (κ2) is 8.25. The third kappa shape index (κ3) is 5.51. The molecule has 1 rings (SSSR count). The van der Waals surface area contributed by atoms with Crippen LogP contribution in [0.1, 0.15) is 22.3 Å². The average Bonchev–Trinajstić information content (AvgIpc) is 2.42. The van der Waals surface area contributed by atoms with Crippen LogP contribution in [0.3, 0.4) is 0 Å². The van der Waals surface area contributed by atoms with E-state index in [4.69, 9.17) is 15.1 Å². The molecular formula is C14H18N2O3. The molecule has 5 heteroatoms. The molecule has 0 aliphatic heterocycles. The molecule has 0 saturated heterocycles. The zero-order chi connectivity index (χ0) is 14.1. The number of carboxylic acid groups (broad SMARTS) is 1. The molecule has 0 spiro atoms. The largest absolute Gasteiger partial charge is 0.478 e. The summed E-state index contributed by atoms with van der Waals surface area (Å²) in [6.07, 6.45) is 0.469. The number of methoxy groups -OCH3 is 1. The Morgan fingerprint density at radius 3 is 2.58 bits per heavy atom. The van der Waals surface area contributed by atoms with Gasteiger partial charge in [0.05, 0.1) is 18.2 Å². The number of nitrogens with zero attached hydrogens (tertiary/aromatic N) is 2. The molecule has 0 atom stereocenters. The van der Waals surface area contributed by atoms with Crippen LogP contribution in [0, 0.1) is 11.3 Å². The highest BCUT2D eigenvalue weighted by Crippen LogP contribution is 2.08. The summed E-state index contributed by atoms with van der Waals surface area (Å²) in [4.78, 5) is 12.9. The third-order valence-corrected chi connectivity index (χ3v) is 2.76. The number of carboxylic acids is 1. The quantitative estimate of drug-likeness (QED) is 0.772. The first-order valence-electron chi connectivity index (χ1n) is 6.08. The van der Waals surface area contributed by atoms with Gasteiger partial charge in [0, 0.05) is 33.2 Å². The van der Waals surface area contributed by atoms with E-state index >= 15 is 0 Å². The van der Waals surface area contributed by atoms with Crippen LogP contribution >= 0.6 is 0 Å². The Labute approximate surface area is 113 Å². The van der Waals surface area contributed by atoms with Gasteiger partial charge in [0.25, 0.3) is 0 Å². The average molecular weight is 262 g/mol. The Kier molecular flexibility index (Phi) is 6.58. The van der Waals surface area contributed by atoms with Crippen molar-refractivity contribution in [3.05, 3.63) is 35.4 Å². The lowest BCUT2D eigenvalue weighted by atomic mass is 10.1. The summed E-state index contributed by atoms with van der Waals surface area (Å²) in [5.41, 5.74) is 1.31. The normalized spacial score (nSPS) is 10.4. The fourth-order valence-electron chi connectivity index (χ4n) is 1.71. The smallest absolute Gasteiger partial charge is 0.335 e. The number of nitriles is 1. The van der Waals surface area contributed by atoms with Crippen LogP contribution in [0.25, 0.3) is 0 Å².